The second-order valence-corrected chi connectivity index (χ2v) is 9.20. The molecule has 0 spiro atoms. The van der Waals surface area contributed by atoms with Crippen molar-refractivity contribution in [3.05, 3.63) is 66.0 Å². The number of aromatic nitrogens is 2. The minimum absolute atomic E-state index is 0.0620. The van der Waals surface area contributed by atoms with Gasteiger partial charge in [0.15, 0.2) is 11.5 Å². The van der Waals surface area contributed by atoms with Gasteiger partial charge in [-0.2, -0.15) is 0 Å². The average Bonchev–Trinajstić information content (AvgIpc) is 3.03. The molecule has 12 nitrogen and oxygen atoms in total. The number of anilines is 4. The second-order valence-electron chi connectivity index (χ2n) is 9.20. The molecule has 2 aliphatic heterocycles. The first-order chi connectivity index (χ1) is 20.4. The van der Waals surface area contributed by atoms with E-state index >= 15 is 0 Å². The van der Waals surface area contributed by atoms with Crippen molar-refractivity contribution >= 4 is 40.7 Å². The van der Waals surface area contributed by atoms with E-state index in [1.807, 2.05) is 38.1 Å². The summed E-state index contributed by atoms with van der Waals surface area (Å²) in [6.45, 7) is 6.99. The number of piperidine rings is 1. The van der Waals surface area contributed by atoms with E-state index in [2.05, 4.69) is 20.2 Å². The van der Waals surface area contributed by atoms with E-state index in [1.54, 1.807) is 42.5 Å². The van der Waals surface area contributed by atoms with E-state index in [9.17, 15) is 14.4 Å². The Bertz CT molecular complexity index is 1330. The zero-order chi connectivity index (χ0) is 30.5. The molecule has 5 rings (SSSR count). The smallest absolute Gasteiger partial charge is 0.271 e. The Hall–Kier alpha value is -4.71. The summed E-state index contributed by atoms with van der Waals surface area (Å²) >= 11 is 0. The van der Waals surface area contributed by atoms with Gasteiger partial charge in [-0.3, -0.25) is 14.4 Å². The van der Waals surface area contributed by atoms with E-state index in [0.717, 1.165) is 48.9 Å². The number of nitrogens with two attached hydrogens (primary N) is 2. The van der Waals surface area contributed by atoms with Crippen LogP contribution in [0.4, 0.5) is 23.0 Å². The molecule has 0 bridgehead atoms. The van der Waals surface area contributed by atoms with Gasteiger partial charge in [0.05, 0.1) is 19.9 Å². The predicted octanol–water partition coefficient (Wildman–Crippen LogP) is 3.49. The van der Waals surface area contributed by atoms with Crippen molar-refractivity contribution in [2.45, 2.75) is 33.1 Å². The second kappa shape index (κ2) is 15.9. The molecule has 3 heterocycles. The lowest BCUT2D eigenvalue weighted by atomic mass is 10.1. The third-order valence-corrected chi connectivity index (χ3v) is 6.48. The highest BCUT2D eigenvalue weighted by Crippen LogP contribution is 2.25. The van der Waals surface area contributed by atoms with Crippen LogP contribution < -0.4 is 31.3 Å². The first-order valence-electron chi connectivity index (χ1n) is 14.0. The number of hydrogen-bond donors (Lipinski definition) is 3. The third-order valence-electron chi connectivity index (χ3n) is 6.48. The highest BCUT2D eigenvalue weighted by Gasteiger charge is 2.21. The van der Waals surface area contributed by atoms with Gasteiger partial charge in [0.2, 0.25) is 5.91 Å². The predicted molar refractivity (Wildman–Crippen MR) is 162 cm³/mol. The lowest BCUT2D eigenvalue weighted by molar-refractivity contribution is -0.125. The number of morpholine rings is 1. The Labute approximate surface area is 246 Å². The molecule has 0 saturated carbocycles. The maximum atomic E-state index is 12.0. The van der Waals surface area contributed by atoms with Crippen LogP contribution in [0.5, 0.6) is 5.75 Å². The summed E-state index contributed by atoms with van der Waals surface area (Å²) in [4.78, 5) is 47.1. The van der Waals surface area contributed by atoms with Crippen molar-refractivity contribution in [3.8, 4) is 5.75 Å². The van der Waals surface area contributed by atoms with Crippen LogP contribution in [-0.2, 0) is 9.53 Å². The largest absolute Gasteiger partial charge is 0.497 e. The van der Waals surface area contributed by atoms with Gasteiger partial charge in [-0.15, -0.1) is 0 Å². The maximum Gasteiger partial charge on any atom is 0.271 e. The van der Waals surface area contributed by atoms with Crippen LogP contribution in [0, 0.1) is 0 Å². The fourth-order valence-corrected chi connectivity index (χ4v) is 4.33. The van der Waals surface area contributed by atoms with E-state index in [-0.39, 0.29) is 18.2 Å². The van der Waals surface area contributed by atoms with Crippen molar-refractivity contribution in [2.24, 2.45) is 11.5 Å². The number of amides is 3. The number of hydrogen-bond acceptors (Lipinski definition) is 9. The number of nitrogens with one attached hydrogen (secondary N) is 1. The summed E-state index contributed by atoms with van der Waals surface area (Å²) in [7, 11) is 1.57. The van der Waals surface area contributed by atoms with Gasteiger partial charge in [0.25, 0.3) is 11.8 Å². The van der Waals surface area contributed by atoms with Gasteiger partial charge in [0.1, 0.15) is 18.2 Å². The van der Waals surface area contributed by atoms with Gasteiger partial charge in [-0.1, -0.05) is 13.8 Å². The molecule has 3 amide bonds. The molecule has 0 atom stereocenters. The molecule has 0 radical (unpaired) electrons. The minimum Gasteiger partial charge on any atom is -0.497 e. The zero-order valence-electron chi connectivity index (χ0n) is 24.3. The minimum atomic E-state index is -0.638. The number of primary amides is 2. The normalized spacial score (nSPS) is 14.5. The Balaban J connectivity index is 0.000000313. The van der Waals surface area contributed by atoms with Crippen molar-refractivity contribution in [1.82, 2.24) is 9.97 Å². The molecular formula is C30H39N7O5. The summed E-state index contributed by atoms with van der Waals surface area (Å²) in [5.74, 6) is 0.653. The van der Waals surface area contributed by atoms with E-state index in [1.165, 1.54) is 6.42 Å². The van der Waals surface area contributed by atoms with Gasteiger partial charge in [-0.05, 0) is 67.8 Å². The van der Waals surface area contributed by atoms with Crippen molar-refractivity contribution in [3.63, 3.8) is 0 Å². The fraction of sp³-hybridized carbons (Fsp3) is 0.367. The van der Waals surface area contributed by atoms with Gasteiger partial charge in [-0.25, -0.2) is 9.97 Å². The highest BCUT2D eigenvalue weighted by molar-refractivity contribution is 5.97. The van der Waals surface area contributed by atoms with Gasteiger partial charge < -0.3 is 36.1 Å². The molecule has 42 heavy (non-hydrogen) atoms. The molecule has 2 aliphatic rings. The van der Waals surface area contributed by atoms with Crippen LogP contribution in [0.25, 0.3) is 0 Å². The molecule has 3 aromatic rings. The molecule has 0 unspecified atom stereocenters. The quantitative estimate of drug-likeness (QED) is 0.381. The summed E-state index contributed by atoms with van der Waals surface area (Å²) in [5, 5.41) is 3.15. The SMILES string of the molecule is CC.COc1ccc(C(N)=O)cc1.NC(=O)c1ncc(N2CCCCC2)nc1Nc1ccc(N2CCOCC2=O)cc1. The first kappa shape index (κ1) is 31.8. The van der Waals surface area contributed by atoms with Crippen LogP contribution >= 0.6 is 0 Å². The average molecular weight is 578 g/mol. The van der Waals surface area contributed by atoms with Gasteiger partial charge in [0, 0.05) is 36.6 Å². The monoisotopic (exact) mass is 577 g/mol. The van der Waals surface area contributed by atoms with Crippen LogP contribution in [0.2, 0.25) is 0 Å². The number of methoxy groups -OCH3 is 1. The van der Waals surface area contributed by atoms with E-state index < -0.39 is 11.8 Å². The van der Waals surface area contributed by atoms with Crippen LogP contribution in [-0.4, -0.2) is 67.6 Å². The molecule has 2 fully saturated rings. The fourth-order valence-electron chi connectivity index (χ4n) is 4.33. The molecule has 5 N–H and O–H groups in total. The molecule has 2 aromatic carbocycles. The Morgan fingerprint density at radius 2 is 1.60 bits per heavy atom. The van der Waals surface area contributed by atoms with E-state index in [4.69, 9.17) is 20.9 Å². The lowest BCUT2D eigenvalue weighted by Gasteiger charge is -2.28. The van der Waals surface area contributed by atoms with E-state index in [0.29, 0.717) is 24.5 Å². The Morgan fingerprint density at radius 1 is 0.929 bits per heavy atom. The topological polar surface area (TPSA) is 166 Å². The summed E-state index contributed by atoms with van der Waals surface area (Å²) in [6, 6.07) is 14.0. The molecule has 2 saturated heterocycles. The Kier molecular flexibility index (Phi) is 12.1. The number of carbonyl (C=O) groups is 3. The molecule has 224 valence electrons. The number of rotatable bonds is 7. The molecular weight excluding hydrogens is 538 g/mol. The lowest BCUT2D eigenvalue weighted by Crippen LogP contribution is -2.41. The molecule has 0 aliphatic carbocycles. The molecule has 1 aromatic heterocycles. The van der Waals surface area contributed by atoms with Crippen molar-refractivity contribution in [2.75, 3.05) is 55.1 Å². The maximum absolute atomic E-state index is 12.0. The summed E-state index contributed by atoms with van der Waals surface area (Å²) < 4.78 is 10.1. The van der Waals surface area contributed by atoms with Crippen molar-refractivity contribution < 1.29 is 23.9 Å². The standard InChI is InChI=1S/C20H24N6O3.C8H9NO2.C2H6/c21-19(28)18-20(24-16(12-22-18)25-8-2-1-3-9-25)23-14-4-6-15(7-5-14)26-10-11-29-13-17(26)27;1-11-7-4-2-6(3-5-7)8(9)10;1-2/h4-7,12H,1-3,8-11,13H2,(H2,21,28)(H,23,24);2-5H,1H3,(H2,9,10);1-2H3. The Morgan fingerprint density at radius 3 is 2.17 bits per heavy atom. The first-order valence-corrected chi connectivity index (χ1v) is 14.0. The van der Waals surface area contributed by atoms with Crippen LogP contribution in [0.3, 0.4) is 0 Å². The number of nitrogens with zero attached hydrogens (tertiary/aromatic N) is 4. The summed E-state index contributed by atoms with van der Waals surface area (Å²) in [5.41, 5.74) is 12.6. The zero-order valence-corrected chi connectivity index (χ0v) is 24.3. The third kappa shape index (κ3) is 8.64. The highest BCUT2D eigenvalue weighted by atomic mass is 16.5. The summed E-state index contributed by atoms with van der Waals surface area (Å²) in [6.07, 6.45) is 5.05. The van der Waals surface area contributed by atoms with Crippen LogP contribution in [0.15, 0.2) is 54.7 Å². The number of ether oxygens (including phenoxy) is 2. The number of benzene rings is 2. The number of carbonyl (C=O) groups excluding carboxylic acids is 3. The molecule has 12 heteroatoms. The van der Waals surface area contributed by atoms with Gasteiger partial charge >= 0.3 is 0 Å². The van der Waals surface area contributed by atoms with Crippen LogP contribution in [0.1, 0.15) is 54.0 Å². The van der Waals surface area contributed by atoms with Crippen molar-refractivity contribution in [1.29, 1.82) is 0 Å².